The summed E-state index contributed by atoms with van der Waals surface area (Å²) in [4.78, 5) is 0. The van der Waals surface area contributed by atoms with Crippen LogP contribution >= 0.6 is 6.04 Å². The molecule has 0 N–H and O–H groups in total. The van der Waals surface area contributed by atoms with Crippen molar-refractivity contribution in [2.45, 2.75) is 13.8 Å². The summed E-state index contributed by atoms with van der Waals surface area (Å²) in [6.07, 6.45) is 12.0. The van der Waals surface area contributed by atoms with Gasteiger partial charge in [-0.25, -0.2) is 0 Å². The third kappa shape index (κ3) is 5.56. The average Bonchev–Trinajstić information content (AvgIpc) is 3.12. The Morgan fingerprint density at radius 2 is 1.33 bits per heavy atom. The predicted molar refractivity (Wildman–Crippen MR) is 208 cm³/mol. The molecule has 0 spiro atoms. The van der Waals surface area contributed by atoms with Gasteiger partial charge < -0.3 is 9.47 Å². The van der Waals surface area contributed by atoms with Crippen LogP contribution in [0.3, 0.4) is 0 Å². The molecule has 1 atom stereocenters. The van der Waals surface area contributed by atoms with E-state index >= 15 is 0 Å². The first-order chi connectivity index (χ1) is 23.4. The highest BCUT2D eigenvalue weighted by Crippen LogP contribution is 2.66. The number of ether oxygens (including phenoxy) is 2. The van der Waals surface area contributed by atoms with Crippen molar-refractivity contribution in [1.82, 2.24) is 0 Å². The number of hydrogen-bond acceptors (Lipinski definition) is 3. The number of benzene rings is 5. The molecule has 0 bridgehead atoms. The molecule has 4 heteroatoms. The van der Waals surface area contributed by atoms with Crippen molar-refractivity contribution < 1.29 is 9.47 Å². The van der Waals surface area contributed by atoms with Crippen molar-refractivity contribution in [3.05, 3.63) is 187 Å². The normalized spacial score (nSPS) is 16.7. The molecule has 2 nitrogen and oxygen atoms in total. The molecule has 5 aromatic carbocycles. The van der Waals surface area contributed by atoms with Gasteiger partial charge in [0.2, 0.25) is 0 Å². The van der Waals surface area contributed by atoms with Crippen molar-refractivity contribution >= 4 is 39.6 Å². The van der Waals surface area contributed by atoms with E-state index in [1.807, 2.05) is 49.4 Å². The molecule has 0 saturated heterocycles. The van der Waals surface area contributed by atoms with Gasteiger partial charge in [0.25, 0.3) is 0 Å². The van der Waals surface area contributed by atoms with Gasteiger partial charge in [-0.15, -0.1) is 0 Å². The molecule has 0 aliphatic carbocycles. The van der Waals surface area contributed by atoms with Gasteiger partial charge >= 0.3 is 0 Å². The Morgan fingerprint density at radius 3 is 1.96 bits per heavy atom. The van der Waals surface area contributed by atoms with Crippen LogP contribution in [0.25, 0.3) is 33.4 Å². The lowest BCUT2D eigenvalue weighted by Gasteiger charge is -2.39. The lowest BCUT2D eigenvalue weighted by Crippen LogP contribution is -2.31. The fourth-order valence-electron chi connectivity index (χ4n) is 6.32. The first kappa shape index (κ1) is 31.4. The first-order valence-corrected chi connectivity index (χ1v) is 18.7. The van der Waals surface area contributed by atoms with Gasteiger partial charge in [-0.1, -0.05) is 152 Å². The second-order valence-corrected chi connectivity index (χ2v) is 16.1. The first-order valence-electron chi connectivity index (χ1n) is 15.9. The molecule has 0 fully saturated rings. The third-order valence-electron chi connectivity index (χ3n) is 8.79. The van der Waals surface area contributed by atoms with Crippen LogP contribution in [0.2, 0.25) is 0 Å². The maximum absolute atomic E-state index is 7.06. The van der Waals surface area contributed by atoms with Gasteiger partial charge in [-0.05, 0) is 71.5 Å². The Labute approximate surface area is 288 Å². The zero-order valence-corrected chi connectivity index (χ0v) is 28.7. The Bertz CT molecular complexity index is 2240. The molecule has 2 aliphatic rings. The number of fused-ring (bicyclic) bond motifs is 2. The minimum absolute atomic E-state index is 0.761. The van der Waals surface area contributed by atoms with Crippen LogP contribution in [0.1, 0.15) is 25.0 Å². The van der Waals surface area contributed by atoms with Gasteiger partial charge in [0, 0.05) is 21.7 Å². The molecule has 0 aromatic heterocycles. The summed E-state index contributed by atoms with van der Waals surface area (Å²) in [5, 5.41) is 2.96. The highest BCUT2D eigenvalue weighted by Gasteiger charge is 2.45. The number of rotatable bonds is 8. The molecule has 2 heterocycles. The van der Waals surface area contributed by atoms with E-state index in [0.717, 1.165) is 83.5 Å². The quantitative estimate of drug-likeness (QED) is 0.122. The van der Waals surface area contributed by atoms with Crippen LogP contribution in [0.15, 0.2) is 176 Å². The standard InChI is InChI=1S/C44H35O2PS/c1-5-6-10-17-30(2)36-25-27-41-39(28-36)46-43-38(35-22-15-9-16-23-35)29-37(34-20-13-8-14-21-34)42-44(43)47(41,48)40(32(4)45-42)26-24-31(3)33-18-11-7-12-19-33/h5-29H,1,3H2,2,4H3/b10-6-,26-24-,30-17+. The summed E-state index contributed by atoms with van der Waals surface area (Å²) in [6, 6.07) is 36.9. The zero-order chi connectivity index (χ0) is 33.3. The van der Waals surface area contributed by atoms with Crippen LogP contribution in [-0.4, -0.2) is 0 Å². The van der Waals surface area contributed by atoms with Crippen LogP contribution in [0, 0.1) is 0 Å². The van der Waals surface area contributed by atoms with E-state index in [2.05, 4.69) is 123 Å². The summed E-state index contributed by atoms with van der Waals surface area (Å²) < 4.78 is 13.9. The summed E-state index contributed by atoms with van der Waals surface area (Å²) in [5.41, 5.74) is 8.25. The molecular weight excluding hydrogens is 624 g/mol. The van der Waals surface area contributed by atoms with Crippen LogP contribution in [0.5, 0.6) is 17.2 Å². The molecule has 1 unspecified atom stereocenters. The van der Waals surface area contributed by atoms with E-state index in [4.69, 9.17) is 21.3 Å². The van der Waals surface area contributed by atoms with Crippen molar-refractivity contribution in [1.29, 1.82) is 0 Å². The van der Waals surface area contributed by atoms with E-state index in [1.165, 1.54) is 0 Å². The molecular formula is C44H35O2PS. The topological polar surface area (TPSA) is 18.5 Å². The van der Waals surface area contributed by atoms with Crippen molar-refractivity contribution in [3.63, 3.8) is 0 Å². The lowest BCUT2D eigenvalue weighted by atomic mass is 9.96. The fourth-order valence-corrected chi connectivity index (χ4v) is 11.0. The lowest BCUT2D eigenvalue weighted by molar-refractivity contribution is 0.423. The zero-order valence-electron chi connectivity index (χ0n) is 27.0. The summed E-state index contributed by atoms with van der Waals surface area (Å²) in [6.45, 7) is 12.3. The molecule has 2 aliphatic heterocycles. The Hall–Kier alpha value is -5.21. The number of allylic oxidation sites excluding steroid dienone is 10. The monoisotopic (exact) mass is 658 g/mol. The van der Waals surface area contributed by atoms with Crippen molar-refractivity contribution in [3.8, 4) is 39.5 Å². The van der Waals surface area contributed by atoms with E-state index in [0.29, 0.717) is 0 Å². The predicted octanol–water partition coefficient (Wildman–Crippen LogP) is 11.6. The van der Waals surface area contributed by atoms with E-state index in [-0.39, 0.29) is 0 Å². The van der Waals surface area contributed by atoms with Gasteiger partial charge in [0.15, 0.2) is 0 Å². The second kappa shape index (κ2) is 13.1. The average molecular weight is 659 g/mol. The van der Waals surface area contributed by atoms with E-state index < -0.39 is 6.04 Å². The molecule has 7 rings (SSSR count). The molecule has 234 valence electrons. The van der Waals surface area contributed by atoms with Gasteiger partial charge in [0.05, 0.1) is 11.3 Å². The molecule has 0 saturated carbocycles. The van der Waals surface area contributed by atoms with E-state index in [1.54, 1.807) is 6.08 Å². The SMILES string of the molecule is C=C/C=C\C=C(/C)c1ccc2c(c1)Oc1c(-c3ccccc3)cc(-c3ccccc3)c3c1P2(=S)C(/C=C\C(=C)c1ccccc1)=C(C)O3. The van der Waals surface area contributed by atoms with Crippen LogP contribution in [0.4, 0.5) is 0 Å². The van der Waals surface area contributed by atoms with Gasteiger partial charge in [-0.3, -0.25) is 0 Å². The second-order valence-electron chi connectivity index (χ2n) is 11.8. The Morgan fingerprint density at radius 1 is 0.729 bits per heavy atom. The Kier molecular flexibility index (Phi) is 8.58. The third-order valence-corrected chi connectivity index (χ3v) is 13.7. The minimum Gasteiger partial charge on any atom is -0.460 e. The Balaban J connectivity index is 1.51. The highest BCUT2D eigenvalue weighted by molar-refractivity contribution is 8.24. The van der Waals surface area contributed by atoms with Gasteiger partial charge in [0.1, 0.15) is 23.0 Å². The van der Waals surface area contributed by atoms with E-state index in [9.17, 15) is 0 Å². The van der Waals surface area contributed by atoms with Crippen molar-refractivity contribution in [2.75, 3.05) is 0 Å². The minimum atomic E-state index is -2.72. The van der Waals surface area contributed by atoms with Crippen LogP contribution in [-0.2, 0) is 11.8 Å². The fraction of sp³-hybridized carbons (Fsp3) is 0.0455. The van der Waals surface area contributed by atoms with Gasteiger partial charge in [-0.2, -0.15) is 0 Å². The highest BCUT2D eigenvalue weighted by atomic mass is 32.4. The number of hydrogen-bond donors (Lipinski definition) is 0. The molecule has 0 amide bonds. The molecule has 5 aromatic rings. The summed E-state index contributed by atoms with van der Waals surface area (Å²) >= 11 is 7.06. The van der Waals surface area contributed by atoms with Crippen molar-refractivity contribution in [2.24, 2.45) is 0 Å². The summed E-state index contributed by atoms with van der Waals surface area (Å²) in [5.74, 6) is 3.11. The van der Waals surface area contributed by atoms with Crippen LogP contribution < -0.4 is 20.1 Å². The maximum Gasteiger partial charge on any atom is 0.148 e. The smallest absolute Gasteiger partial charge is 0.148 e. The summed E-state index contributed by atoms with van der Waals surface area (Å²) in [7, 11) is 0. The maximum atomic E-state index is 7.06. The molecule has 48 heavy (non-hydrogen) atoms. The molecule has 0 radical (unpaired) electrons. The largest absolute Gasteiger partial charge is 0.460 e.